The standard InChI is InChI=1S/C54H99NO14SSi2/c1-21-22-28-41(56)65-50-37(5)62-44(32-54(50,12)60-33-70-16)66-47-36(4)63-51(46(58)45(47)55(13)14)67-48-38-29-34(2)39(68-71(17,18)52(6,7)8)27-25-23-24-26-35(3)61-42(57)31-40(49(48)59-15)64-43(30-38)69-72(19,20)53(9,10)11/h23-25,27,34-40,43-51,58H,21-22,26,28-33H2,1-20H3/b24-23+,27-25+/t34-,35-,36-,37+,38-,39+,40-,43?,44+,45-,46-,47-,48+,49+,50+,51+,54-/m1/s1. The van der Waals surface area contributed by atoms with Crippen molar-refractivity contribution in [1.82, 2.24) is 4.90 Å². The van der Waals surface area contributed by atoms with Gasteiger partial charge in [0.1, 0.15) is 36.3 Å². The van der Waals surface area contributed by atoms with E-state index in [-0.39, 0.29) is 46.8 Å². The minimum absolute atomic E-state index is 0.0226. The van der Waals surface area contributed by atoms with Crippen LogP contribution in [-0.2, 0) is 61.1 Å². The summed E-state index contributed by atoms with van der Waals surface area (Å²) in [5.41, 5.74) is -0.919. The fraction of sp³-hybridized carbons (Fsp3) is 0.889. The van der Waals surface area contributed by atoms with E-state index >= 15 is 0 Å². The van der Waals surface area contributed by atoms with E-state index in [2.05, 4.69) is 80.7 Å². The van der Waals surface area contributed by atoms with E-state index < -0.39 is 108 Å². The molecule has 0 spiro atoms. The molecule has 2 bridgehead atoms. The molecule has 1 unspecified atom stereocenters. The third-order valence-electron chi connectivity index (χ3n) is 16.1. The number of fused-ring (bicyclic) bond motifs is 3. The van der Waals surface area contributed by atoms with Crippen molar-refractivity contribution in [1.29, 1.82) is 0 Å². The molecular formula is C54H99NO14SSi2. The summed E-state index contributed by atoms with van der Waals surface area (Å²) in [6.07, 6.45) is 4.43. The molecule has 0 amide bonds. The number of carbonyl (C=O) groups is 2. The van der Waals surface area contributed by atoms with Crippen molar-refractivity contribution in [2.45, 2.75) is 262 Å². The molecule has 418 valence electrons. The van der Waals surface area contributed by atoms with Gasteiger partial charge in [-0.05, 0) is 109 Å². The van der Waals surface area contributed by atoms with Crippen LogP contribution in [0.1, 0.15) is 134 Å². The molecule has 3 saturated heterocycles. The zero-order valence-corrected chi connectivity index (χ0v) is 50.8. The van der Waals surface area contributed by atoms with Crippen molar-refractivity contribution in [3.8, 4) is 0 Å². The highest BCUT2D eigenvalue weighted by atomic mass is 32.2. The number of esters is 2. The van der Waals surface area contributed by atoms with Crippen molar-refractivity contribution in [2.75, 3.05) is 33.4 Å². The average molecular weight is 1070 g/mol. The second kappa shape index (κ2) is 26.9. The first-order valence-corrected chi connectivity index (χ1v) is 33.9. The Morgan fingerprint density at radius 3 is 2.14 bits per heavy atom. The number of nitrogens with zero attached hydrogens (tertiary/aromatic N) is 1. The van der Waals surface area contributed by atoms with E-state index in [4.69, 9.17) is 51.5 Å². The Hall–Kier alpha value is -1.24. The van der Waals surface area contributed by atoms with E-state index in [1.807, 2.05) is 78.1 Å². The van der Waals surface area contributed by atoms with E-state index in [0.717, 1.165) is 12.8 Å². The summed E-state index contributed by atoms with van der Waals surface area (Å²) in [5.74, 6) is -0.634. The van der Waals surface area contributed by atoms with Gasteiger partial charge in [0.2, 0.25) is 0 Å². The lowest BCUT2D eigenvalue weighted by molar-refractivity contribution is -0.345. The number of carbonyl (C=O) groups excluding carboxylic acids is 2. The highest BCUT2D eigenvalue weighted by Crippen LogP contribution is 2.45. The van der Waals surface area contributed by atoms with E-state index in [0.29, 0.717) is 31.6 Å². The van der Waals surface area contributed by atoms with Gasteiger partial charge in [0, 0.05) is 32.8 Å². The number of aliphatic hydroxyl groups is 1. The van der Waals surface area contributed by atoms with Crippen LogP contribution in [0.25, 0.3) is 0 Å². The molecular weight excluding hydrogens is 975 g/mol. The third kappa shape index (κ3) is 16.9. The van der Waals surface area contributed by atoms with Crippen LogP contribution in [-0.4, -0.2) is 164 Å². The molecule has 1 N–H and O–H groups in total. The van der Waals surface area contributed by atoms with Crippen LogP contribution >= 0.6 is 11.8 Å². The van der Waals surface area contributed by atoms with Gasteiger partial charge in [0.15, 0.2) is 35.3 Å². The maximum atomic E-state index is 13.9. The van der Waals surface area contributed by atoms with Crippen molar-refractivity contribution in [3.05, 3.63) is 24.3 Å². The number of rotatable bonds is 17. The molecule has 18 heteroatoms. The van der Waals surface area contributed by atoms with Crippen molar-refractivity contribution >= 4 is 40.3 Å². The quantitative estimate of drug-likeness (QED) is 0.0832. The van der Waals surface area contributed by atoms with Gasteiger partial charge in [-0.2, -0.15) is 0 Å². The summed E-state index contributed by atoms with van der Waals surface area (Å²) in [6, 6.07) is -0.631. The predicted molar refractivity (Wildman–Crippen MR) is 289 cm³/mol. The number of thioether (sulfide) groups is 1. The Kier molecular flexibility index (Phi) is 23.6. The number of likely N-dealkylation sites (N-methyl/N-ethyl adjacent to an activating group) is 1. The summed E-state index contributed by atoms with van der Waals surface area (Å²) < 4.78 is 73.7. The first-order valence-electron chi connectivity index (χ1n) is 26.7. The molecule has 4 aliphatic rings. The third-order valence-corrected chi connectivity index (χ3v) is 25.4. The van der Waals surface area contributed by atoms with Gasteiger partial charge in [-0.25, -0.2) is 0 Å². The maximum absolute atomic E-state index is 13.9. The molecule has 0 saturated carbocycles. The number of hydrogen-bond donors (Lipinski definition) is 1. The number of ether oxygens (including phenoxy) is 9. The van der Waals surface area contributed by atoms with Crippen molar-refractivity contribution < 1.29 is 66.2 Å². The highest BCUT2D eigenvalue weighted by Gasteiger charge is 2.55. The minimum atomic E-state index is -2.45. The Morgan fingerprint density at radius 2 is 1.54 bits per heavy atom. The smallest absolute Gasteiger partial charge is 0.308 e. The number of allylic oxidation sites excluding steroid dienone is 2. The Balaban J connectivity index is 1.78. The van der Waals surface area contributed by atoms with E-state index in [1.54, 1.807) is 7.11 Å². The SMILES string of the molecule is CCCCC(=O)O[C@H]1[C@H](C)O[C@@H](O[C@H]2[C@H](N(C)C)[C@@H](O)[C@H](O[C@H]3[C@H]4CC(O[Si](C)(C)C(C)(C)C)O[C@H](CC(=O)O[C@H](C)C/C=C/C=C/[C@H](O[Si](C)(C)C(C)(C)C)[C@H](C)C4)[C@@H]3OC)O[C@@H]2C)C[C@@]1(C)OCSC. The molecule has 17 atom stereocenters. The largest absolute Gasteiger partial charge is 0.462 e. The van der Waals surface area contributed by atoms with Crippen LogP contribution in [0.4, 0.5) is 0 Å². The molecule has 0 aromatic rings. The normalized spacial score (nSPS) is 38.0. The first-order chi connectivity index (χ1) is 33.4. The fourth-order valence-corrected chi connectivity index (χ4v) is 12.7. The molecule has 4 rings (SSSR count). The minimum Gasteiger partial charge on any atom is -0.462 e. The summed E-state index contributed by atoms with van der Waals surface area (Å²) in [4.78, 5) is 28.8. The molecule has 0 aromatic carbocycles. The molecule has 72 heavy (non-hydrogen) atoms. The topological polar surface area (TPSA) is 159 Å². The maximum Gasteiger partial charge on any atom is 0.308 e. The van der Waals surface area contributed by atoms with Crippen LogP contribution in [0.2, 0.25) is 36.3 Å². The Bertz CT molecular complexity index is 1760. The molecule has 3 fully saturated rings. The molecule has 4 aliphatic heterocycles. The molecule has 15 nitrogen and oxygen atoms in total. The van der Waals surface area contributed by atoms with Gasteiger partial charge >= 0.3 is 11.9 Å². The molecule has 0 radical (unpaired) electrons. The second-order valence-electron chi connectivity index (χ2n) is 24.5. The number of cyclic esters (lactones) is 1. The monoisotopic (exact) mass is 1070 g/mol. The Morgan fingerprint density at radius 1 is 0.889 bits per heavy atom. The van der Waals surface area contributed by atoms with Gasteiger partial charge in [0.25, 0.3) is 0 Å². The zero-order chi connectivity index (χ0) is 54.1. The van der Waals surface area contributed by atoms with Crippen LogP contribution in [0.5, 0.6) is 0 Å². The van der Waals surface area contributed by atoms with Crippen LogP contribution in [0.15, 0.2) is 24.3 Å². The number of hydrogen-bond acceptors (Lipinski definition) is 16. The molecule has 0 aliphatic carbocycles. The zero-order valence-electron chi connectivity index (χ0n) is 48.0. The van der Waals surface area contributed by atoms with Crippen LogP contribution in [0, 0.1) is 11.8 Å². The van der Waals surface area contributed by atoms with Crippen LogP contribution in [0.3, 0.4) is 0 Å². The van der Waals surface area contributed by atoms with Gasteiger partial charge < -0.3 is 61.5 Å². The summed E-state index contributed by atoms with van der Waals surface area (Å²) in [5, 5.41) is 12.5. The fourth-order valence-electron chi connectivity index (χ4n) is 9.82. The lowest BCUT2D eigenvalue weighted by Crippen LogP contribution is -2.66. The summed E-state index contributed by atoms with van der Waals surface area (Å²) in [6.45, 7) is 34.2. The molecule has 4 heterocycles. The molecule has 0 aromatic heterocycles. The van der Waals surface area contributed by atoms with Crippen LogP contribution < -0.4 is 0 Å². The van der Waals surface area contributed by atoms with E-state index in [1.165, 1.54) is 11.8 Å². The van der Waals surface area contributed by atoms with Gasteiger partial charge in [0.05, 0.1) is 48.9 Å². The lowest BCUT2D eigenvalue weighted by Gasteiger charge is -2.51. The summed E-state index contributed by atoms with van der Waals surface area (Å²) in [7, 11) is 0.678. The van der Waals surface area contributed by atoms with Gasteiger partial charge in [-0.15, -0.1) is 11.8 Å². The summed E-state index contributed by atoms with van der Waals surface area (Å²) >= 11 is 1.54. The van der Waals surface area contributed by atoms with Crippen molar-refractivity contribution in [3.63, 3.8) is 0 Å². The van der Waals surface area contributed by atoms with Gasteiger partial charge in [-0.3, -0.25) is 9.59 Å². The predicted octanol–water partition coefficient (Wildman–Crippen LogP) is 10.1. The second-order valence-corrected chi connectivity index (χ2v) is 34.8. The van der Waals surface area contributed by atoms with E-state index in [9.17, 15) is 14.7 Å². The number of aliphatic hydroxyl groups excluding tert-OH is 1. The average Bonchev–Trinajstić information content (AvgIpc) is 3.37. The van der Waals surface area contributed by atoms with Crippen molar-refractivity contribution in [2.24, 2.45) is 11.8 Å². The highest BCUT2D eigenvalue weighted by molar-refractivity contribution is 7.98. The first kappa shape index (κ1) is 63.3. The number of unbranched alkanes of at least 4 members (excludes halogenated alkanes) is 1. The Labute approximate surface area is 441 Å². The number of methoxy groups -OCH3 is 1. The van der Waals surface area contributed by atoms with Gasteiger partial charge in [-0.1, -0.05) is 86.1 Å². The lowest BCUT2D eigenvalue weighted by atomic mass is 9.83.